The van der Waals surface area contributed by atoms with Crippen molar-refractivity contribution < 1.29 is 23.8 Å². The number of hydrogen-bond acceptors (Lipinski definition) is 5. The lowest BCUT2D eigenvalue weighted by molar-refractivity contribution is -0.119. The predicted molar refractivity (Wildman–Crippen MR) is 94.1 cm³/mol. The minimum atomic E-state index is -0.719. The summed E-state index contributed by atoms with van der Waals surface area (Å²) in [6, 6.07) is 4.46. The van der Waals surface area contributed by atoms with E-state index in [4.69, 9.17) is 14.2 Å². The summed E-state index contributed by atoms with van der Waals surface area (Å²) in [5.41, 5.74) is -0.0522. The van der Waals surface area contributed by atoms with Crippen LogP contribution < -0.4 is 20.1 Å². The zero-order valence-electron chi connectivity index (χ0n) is 15.3. The third kappa shape index (κ3) is 5.55. The molecule has 2 rings (SSSR count). The van der Waals surface area contributed by atoms with Gasteiger partial charge in [0.2, 0.25) is 5.91 Å². The van der Waals surface area contributed by atoms with Crippen molar-refractivity contribution in [2.45, 2.75) is 46.3 Å². The Morgan fingerprint density at radius 2 is 1.76 bits per heavy atom. The molecular weight excluding hydrogens is 324 g/mol. The molecule has 7 heteroatoms. The van der Waals surface area contributed by atoms with Crippen molar-refractivity contribution in [1.82, 2.24) is 5.32 Å². The molecule has 0 fully saturated rings. The molecule has 0 aromatic heterocycles. The summed E-state index contributed by atoms with van der Waals surface area (Å²) in [7, 11) is 0. The SMILES string of the molecule is CC(C)C(NC(=O)OC(C)(C)C)C(=O)Nc1ccc2c(c1)OCCO2. The number of benzene rings is 1. The van der Waals surface area contributed by atoms with E-state index in [9.17, 15) is 9.59 Å². The Morgan fingerprint density at radius 1 is 1.12 bits per heavy atom. The van der Waals surface area contributed by atoms with Crippen LogP contribution in [0.15, 0.2) is 18.2 Å². The Hall–Kier alpha value is -2.44. The summed E-state index contributed by atoms with van der Waals surface area (Å²) < 4.78 is 16.2. The first kappa shape index (κ1) is 18.9. The lowest BCUT2D eigenvalue weighted by Crippen LogP contribution is -2.48. The first-order valence-electron chi connectivity index (χ1n) is 8.36. The molecule has 7 nitrogen and oxygen atoms in total. The Bertz CT molecular complexity index is 637. The highest BCUT2D eigenvalue weighted by atomic mass is 16.6. The van der Waals surface area contributed by atoms with Crippen LogP contribution in [0, 0.1) is 5.92 Å². The topological polar surface area (TPSA) is 85.9 Å². The van der Waals surface area contributed by atoms with Gasteiger partial charge in [0.05, 0.1) is 0 Å². The summed E-state index contributed by atoms with van der Waals surface area (Å²) in [6.45, 7) is 9.99. The minimum absolute atomic E-state index is 0.107. The first-order chi connectivity index (χ1) is 11.7. The number of carbonyl (C=O) groups excluding carboxylic acids is 2. The predicted octanol–water partition coefficient (Wildman–Crippen LogP) is 2.95. The van der Waals surface area contributed by atoms with Crippen molar-refractivity contribution in [2.75, 3.05) is 18.5 Å². The van der Waals surface area contributed by atoms with Crippen molar-refractivity contribution in [3.63, 3.8) is 0 Å². The Kier molecular flexibility index (Phi) is 5.77. The molecule has 0 radical (unpaired) electrons. The molecule has 1 heterocycles. The lowest BCUT2D eigenvalue weighted by Gasteiger charge is -2.25. The molecule has 1 aromatic carbocycles. The number of fused-ring (bicyclic) bond motifs is 1. The van der Waals surface area contributed by atoms with Gasteiger partial charge >= 0.3 is 6.09 Å². The molecule has 1 unspecified atom stereocenters. The van der Waals surface area contributed by atoms with E-state index < -0.39 is 17.7 Å². The molecule has 138 valence electrons. The second-order valence-electron chi connectivity index (χ2n) is 7.22. The van der Waals surface area contributed by atoms with Crippen LogP contribution in [0.5, 0.6) is 11.5 Å². The van der Waals surface area contributed by atoms with Gasteiger partial charge in [0, 0.05) is 11.8 Å². The number of anilines is 1. The van der Waals surface area contributed by atoms with Crippen molar-refractivity contribution >= 4 is 17.7 Å². The Balaban J connectivity index is 2.04. The van der Waals surface area contributed by atoms with E-state index in [2.05, 4.69) is 10.6 Å². The quantitative estimate of drug-likeness (QED) is 0.872. The normalized spacial score (nSPS) is 14.6. The molecule has 25 heavy (non-hydrogen) atoms. The van der Waals surface area contributed by atoms with Gasteiger partial charge in [0.15, 0.2) is 11.5 Å². The van der Waals surface area contributed by atoms with Gasteiger partial charge in [-0.1, -0.05) is 13.8 Å². The Labute approximate surface area is 148 Å². The highest BCUT2D eigenvalue weighted by molar-refractivity contribution is 5.97. The van der Waals surface area contributed by atoms with E-state index in [1.54, 1.807) is 39.0 Å². The van der Waals surface area contributed by atoms with Gasteiger partial charge in [-0.3, -0.25) is 4.79 Å². The maximum atomic E-state index is 12.6. The van der Waals surface area contributed by atoms with Gasteiger partial charge in [-0.25, -0.2) is 4.79 Å². The average Bonchev–Trinajstić information content (AvgIpc) is 2.50. The molecule has 0 spiro atoms. The standard InChI is InChI=1S/C18H26N2O5/c1-11(2)15(20-17(22)25-18(3,4)5)16(21)19-12-6-7-13-14(10-12)24-9-8-23-13/h6-7,10-11,15H,8-9H2,1-5H3,(H,19,21)(H,20,22). The fourth-order valence-corrected chi connectivity index (χ4v) is 2.31. The third-order valence-corrected chi connectivity index (χ3v) is 3.43. The Morgan fingerprint density at radius 3 is 2.36 bits per heavy atom. The number of alkyl carbamates (subject to hydrolysis) is 1. The summed E-state index contributed by atoms with van der Waals surface area (Å²) in [5.74, 6) is 0.809. The summed E-state index contributed by atoms with van der Waals surface area (Å²) in [5, 5.41) is 5.42. The minimum Gasteiger partial charge on any atom is -0.486 e. The van der Waals surface area contributed by atoms with Crippen molar-refractivity contribution in [3.05, 3.63) is 18.2 Å². The van der Waals surface area contributed by atoms with Gasteiger partial charge in [-0.05, 0) is 38.8 Å². The number of rotatable bonds is 4. The molecule has 2 amide bonds. The van der Waals surface area contributed by atoms with Gasteiger partial charge in [-0.2, -0.15) is 0 Å². The number of amides is 2. The largest absolute Gasteiger partial charge is 0.486 e. The van der Waals surface area contributed by atoms with Crippen LogP contribution in [0.25, 0.3) is 0 Å². The number of ether oxygens (including phenoxy) is 3. The molecule has 0 saturated carbocycles. The van der Waals surface area contributed by atoms with Crippen LogP contribution in [0.4, 0.5) is 10.5 Å². The number of nitrogens with one attached hydrogen (secondary N) is 2. The molecule has 0 bridgehead atoms. The van der Waals surface area contributed by atoms with Crippen LogP contribution in [0.1, 0.15) is 34.6 Å². The second kappa shape index (κ2) is 7.63. The highest BCUT2D eigenvalue weighted by Crippen LogP contribution is 2.32. The van der Waals surface area contributed by atoms with Crippen LogP contribution in [-0.4, -0.2) is 36.9 Å². The maximum absolute atomic E-state index is 12.6. The smallest absolute Gasteiger partial charge is 0.408 e. The maximum Gasteiger partial charge on any atom is 0.408 e. The van der Waals surface area contributed by atoms with E-state index >= 15 is 0 Å². The molecule has 0 saturated heterocycles. The number of hydrogen-bond donors (Lipinski definition) is 2. The summed E-state index contributed by atoms with van der Waals surface area (Å²) in [6.07, 6.45) is -0.622. The highest BCUT2D eigenvalue weighted by Gasteiger charge is 2.27. The molecule has 1 aliphatic heterocycles. The molecule has 1 aliphatic rings. The molecule has 1 aromatic rings. The van der Waals surface area contributed by atoms with Crippen LogP contribution in [0.3, 0.4) is 0 Å². The molecular formula is C18H26N2O5. The van der Waals surface area contributed by atoms with Crippen LogP contribution >= 0.6 is 0 Å². The fraction of sp³-hybridized carbons (Fsp3) is 0.556. The lowest BCUT2D eigenvalue weighted by atomic mass is 10.0. The molecule has 0 aliphatic carbocycles. The van der Waals surface area contributed by atoms with E-state index in [0.29, 0.717) is 30.4 Å². The van der Waals surface area contributed by atoms with Crippen LogP contribution in [0.2, 0.25) is 0 Å². The summed E-state index contributed by atoms with van der Waals surface area (Å²) >= 11 is 0. The van der Waals surface area contributed by atoms with Crippen molar-refractivity contribution in [1.29, 1.82) is 0 Å². The van der Waals surface area contributed by atoms with Gasteiger partial charge in [-0.15, -0.1) is 0 Å². The third-order valence-electron chi connectivity index (χ3n) is 3.43. The van der Waals surface area contributed by atoms with E-state index in [-0.39, 0.29) is 11.8 Å². The average molecular weight is 350 g/mol. The molecule has 2 N–H and O–H groups in total. The monoisotopic (exact) mass is 350 g/mol. The van der Waals surface area contributed by atoms with Gasteiger partial charge in [0.1, 0.15) is 24.9 Å². The van der Waals surface area contributed by atoms with Crippen molar-refractivity contribution in [2.24, 2.45) is 5.92 Å². The zero-order chi connectivity index (χ0) is 18.6. The first-order valence-corrected chi connectivity index (χ1v) is 8.36. The number of carbonyl (C=O) groups is 2. The van der Waals surface area contributed by atoms with E-state index in [1.807, 2.05) is 13.8 Å². The van der Waals surface area contributed by atoms with Gasteiger partial charge < -0.3 is 24.8 Å². The summed E-state index contributed by atoms with van der Waals surface area (Å²) in [4.78, 5) is 24.5. The van der Waals surface area contributed by atoms with E-state index in [0.717, 1.165) is 0 Å². The fourth-order valence-electron chi connectivity index (χ4n) is 2.31. The van der Waals surface area contributed by atoms with E-state index in [1.165, 1.54) is 0 Å². The zero-order valence-corrected chi connectivity index (χ0v) is 15.3. The van der Waals surface area contributed by atoms with Crippen LogP contribution in [-0.2, 0) is 9.53 Å². The second-order valence-corrected chi connectivity index (χ2v) is 7.22. The van der Waals surface area contributed by atoms with Crippen molar-refractivity contribution in [3.8, 4) is 11.5 Å². The molecule has 1 atom stereocenters. The van der Waals surface area contributed by atoms with Gasteiger partial charge in [0.25, 0.3) is 0 Å².